The van der Waals surface area contributed by atoms with Crippen LogP contribution in [0, 0.1) is 5.92 Å². The van der Waals surface area contributed by atoms with E-state index in [1.165, 1.54) is 18.2 Å². The summed E-state index contributed by atoms with van der Waals surface area (Å²) in [6.07, 6.45) is 3.02. The predicted octanol–water partition coefficient (Wildman–Crippen LogP) is 2.39. The van der Waals surface area contributed by atoms with Crippen molar-refractivity contribution in [3.05, 3.63) is 23.2 Å². The van der Waals surface area contributed by atoms with Crippen LogP contribution < -0.4 is 10.5 Å². The summed E-state index contributed by atoms with van der Waals surface area (Å²) in [6, 6.07) is 4.39. The highest BCUT2D eigenvalue weighted by atomic mass is 35.5. The zero-order valence-corrected chi connectivity index (χ0v) is 11.8. The average molecular weight is 289 g/mol. The molecule has 2 atom stereocenters. The van der Waals surface area contributed by atoms with Crippen molar-refractivity contribution in [3.8, 4) is 0 Å². The van der Waals surface area contributed by atoms with Crippen molar-refractivity contribution in [2.75, 3.05) is 5.73 Å². The molecule has 2 rings (SSSR count). The van der Waals surface area contributed by atoms with Gasteiger partial charge in [0, 0.05) is 6.04 Å². The second-order valence-corrected chi connectivity index (χ2v) is 6.94. The summed E-state index contributed by atoms with van der Waals surface area (Å²) in [5.41, 5.74) is 5.91. The molecule has 18 heavy (non-hydrogen) atoms. The minimum absolute atomic E-state index is 0.0203. The van der Waals surface area contributed by atoms with E-state index in [1.807, 2.05) is 0 Å². The Kier molecular flexibility index (Phi) is 3.84. The number of nitrogens with one attached hydrogen (secondary N) is 1. The molecule has 0 bridgehead atoms. The summed E-state index contributed by atoms with van der Waals surface area (Å²) in [4.78, 5) is 0.170. The number of anilines is 1. The van der Waals surface area contributed by atoms with E-state index in [0.717, 1.165) is 19.3 Å². The second-order valence-electron chi connectivity index (χ2n) is 4.82. The van der Waals surface area contributed by atoms with Gasteiger partial charge in [-0.25, -0.2) is 13.1 Å². The molecule has 1 aromatic carbocycles. The maximum absolute atomic E-state index is 12.2. The quantitative estimate of drug-likeness (QED) is 0.839. The van der Waals surface area contributed by atoms with Gasteiger partial charge in [0.25, 0.3) is 0 Å². The maximum atomic E-state index is 12.2. The number of sulfonamides is 1. The van der Waals surface area contributed by atoms with Crippen LogP contribution in [0.4, 0.5) is 5.69 Å². The Labute approximate surface area is 113 Å². The first-order valence-corrected chi connectivity index (χ1v) is 7.83. The van der Waals surface area contributed by atoms with E-state index in [9.17, 15) is 8.42 Å². The van der Waals surface area contributed by atoms with E-state index in [-0.39, 0.29) is 16.6 Å². The lowest BCUT2D eigenvalue weighted by atomic mass is 10.1. The zero-order chi connectivity index (χ0) is 13.3. The van der Waals surface area contributed by atoms with Gasteiger partial charge in [-0.2, -0.15) is 0 Å². The highest BCUT2D eigenvalue weighted by Gasteiger charge is 2.28. The minimum Gasteiger partial charge on any atom is -0.397 e. The lowest BCUT2D eigenvalue weighted by molar-refractivity contribution is 0.476. The molecule has 0 aliphatic heterocycles. The van der Waals surface area contributed by atoms with E-state index in [0.29, 0.717) is 10.9 Å². The molecule has 0 heterocycles. The van der Waals surface area contributed by atoms with E-state index in [1.54, 1.807) is 0 Å². The predicted molar refractivity (Wildman–Crippen MR) is 73.0 cm³/mol. The van der Waals surface area contributed by atoms with Crippen molar-refractivity contribution in [1.29, 1.82) is 0 Å². The fourth-order valence-corrected chi connectivity index (χ4v) is 3.81. The Hall–Kier alpha value is -0.780. The van der Waals surface area contributed by atoms with Crippen LogP contribution in [-0.4, -0.2) is 14.5 Å². The van der Waals surface area contributed by atoms with Crippen LogP contribution in [0.15, 0.2) is 23.1 Å². The van der Waals surface area contributed by atoms with Crippen molar-refractivity contribution >= 4 is 27.3 Å². The summed E-state index contributed by atoms with van der Waals surface area (Å²) in [6.45, 7) is 2.07. The van der Waals surface area contributed by atoms with Gasteiger partial charge in [0.05, 0.1) is 15.6 Å². The van der Waals surface area contributed by atoms with Gasteiger partial charge in [-0.15, -0.1) is 0 Å². The molecular weight excluding hydrogens is 272 g/mol. The summed E-state index contributed by atoms with van der Waals surface area (Å²) in [7, 11) is -3.50. The number of rotatable bonds is 3. The molecule has 0 spiro atoms. The van der Waals surface area contributed by atoms with Crippen molar-refractivity contribution < 1.29 is 8.42 Å². The third kappa shape index (κ3) is 2.79. The fraction of sp³-hybridized carbons (Fsp3) is 0.500. The van der Waals surface area contributed by atoms with E-state index in [2.05, 4.69) is 11.6 Å². The standard InChI is InChI=1S/C12H17ClN2O2S/c1-8-3-2-4-12(8)15-18(16,17)9-5-6-10(13)11(14)7-9/h5-8,12,15H,2-4,14H2,1H3. The minimum atomic E-state index is -3.50. The van der Waals surface area contributed by atoms with E-state index >= 15 is 0 Å². The van der Waals surface area contributed by atoms with Crippen molar-refractivity contribution in [1.82, 2.24) is 4.72 Å². The number of benzene rings is 1. The molecule has 2 unspecified atom stereocenters. The molecule has 0 aromatic heterocycles. The van der Waals surface area contributed by atoms with E-state index in [4.69, 9.17) is 17.3 Å². The third-order valence-corrected chi connectivity index (χ3v) is 5.28. The van der Waals surface area contributed by atoms with Gasteiger partial charge in [0.15, 0.2) is 0 Å². The normalized spacial score (nSPS) is 24.3. The zero-order valence-electron chi connectivity index (χ0n) is 10.2. The molecular formula is C12H17ClN2O2S. The smallest absolute Gasteiger partial charge is 0.240 e. The van der Waals surface area contributed by atoms with Crippen LogP contribution in [0.5, 0.6) is 0 Å². The number of nitrogen functional groups attached to an aromatic ring is 1. The van der Waals surface area contributed by atoms with Crippen molar-refractivity contribution in [2.24, 2.45) is 5.92 Å². The second kappa shape index (κ2) is 5.07. The first-order chi connectivity index (χ1) is 8.40. The summed E-state index contributed by atoms with van der Waals surface area (Å²) >= 11 is 5.78. The first-order valence-electron chi connectivity index (χ1n) is 5.97. The lowest BCUT2D eigenvalue weighted by Gasteiger charge is -2.17. The number of halogens is 1. The SMILES string of the molecule is CC1CCCC1NS(=O)(=O)c1ccc(Cl)c(N)c1. The molecule has 0 saturated heterocycles. The molecule has 4 nitrogen and oxygen atoms in total. The van der Waals surface area contributed by atoms with Crippen LogP contribution in [0.2, 0.25) is 5.02 Å². The molecule has 0 radical (unpaired) electrons. The van der Waals surface area contributed by atoms with Crippen LogP contribution >= 0.6 is 11.6 Å². The Balaban J connectivity index is 2.22. The molecule has 1 fully saturated rings. The molecule has 6 heteroatoms. The number of nitrogens with two attached hydrogens (primary N) is 1. The van der Waals surface area contributed by atoms with Gasteiger partial charge in [0.1, 0.15) is 0 Å². The Bertz CT molecular complexity index is 545. The number of hydrogen-bond acceptors (Lipinski definition) is 3. The molecule has 0 amide bonds. The van der Waals surface area contributed by atoms with E-state index < -0.39 is 10.0 Å². The van der Waals surface area contributed by atoms with Crippen LogP contribution in [0.25, 0.3) is 0 Å². The molecule has 1 saturated carbocycles. The van der Waals surface area contributed by atoms with Gasteiger partial charge in [-0.3, -0.25) is 0 Å². The van der Waals surface area contributed by atoms with Gasteiger partial charge in [0.2, 0.25) is 10.0 Å². The summed E-state index contributed by atoms with van der Waals surface area (Å²) < 4.78 is 27.1. The van der Waals surface area contributed by atoms with Gasteiger partial charge < -0.3 is 5.73 Å². The van der Waals surface area contributed by atoms with Crippen LogP contribution in [0.1, 0.15) is 26.2 Å². The van der Waals surface area contributed by atoms with Crippen LogP contribution in [0.3, 0.4) is 0 Å². The fourth-order valence-electron chi connectivity index (χ4n) is 2.28. The lowest BCUT2D eigenvalue weighted by Crippen LogP contribution is -2.36. The Morgan fingerprint density at radius 3 is 2.67 bits per heavy atom. The highest BCUT2D eigenvalue weighted by Crippen LogP contribution is 2.27. The monoisotopic (exact) mass is 288 g/mol. The molecule has 1 aliphatic carbocycles. The molecule has 1 aliphatic rings. The highest BCUT2D eigenvalue weighted by molar-refractivity contribution is 7.89. The van der Waals surface area contributed by atoms with Gasteiger partial charge in [-0.1, -0.05) is 24.9 Å². The molecule has 3 N–H and O–H groups in total. The molecule has 100 valence electrons. The van der Waals surface area contributed by atoms with Crippen molar-refractivity contribution in [3.63, 3.8) is 0 Å². The average Bonchev–Trinajstić information content (AvgIpc) is 2.67. The third-order valence-electron chi connectivity index (χ3n) is 3.45. The topological polar surface area (TPSA) is 72.2 Å². The molecule has 1 aromatic rings. The number of hydrogen-bond donors (Lipinski definition) is 2. The maximum Gasteiger partial charge on any atom is 0.240 e. The summed E-state index contributed by atoms with van der Waals surface area (Å²) in [5, 5.41) is 0.364. The van der Waals surface area contributed by atoms with Crippen LogP contribution in [-0.2, 0) is 10.0 Å². The van der Waals surface area contributed by atoms with Crippen molar-refractivity contribution in [2.45, 2.75) is 37.1 Å². The summed E-state index contributed by atoms with van der Waals surface area (Å²) in [5.74, 6) is 0.379. The van der Waals surface area contributed by atoms with Gasteiger partial charge >= 0.3 is 0 Å². The Morgan fingerprint density at radius 2 is 2.11 bits per heavy atom. The largest absolute Gasteiger partial charge is 0.397 e. The Morgan fingerprint density at radius 1 is 1.39 bits per heavy atom. The first kappa shape index (κ1) is 13.6. The van der Waals surface area contributed by atoms with Gasteiger partial charge in [-0.05, 0) is 37.0 Å².